The van der Waals surface area contributed by atoms with Crippen LogP contribution in [0.15, 0.2) is 27.1 Å². The minimum atomic E-state index is 0.412. The fourth-order valence-corrected chi connectivity index (χ4v) is 3.28. The predicted octanol–water partition coefficient (Wildman–Crippen LogP) is 4.58. The summed E-state index contributed by atoms with van der Waals surface area (Å²) in [6.45, 7) is 3.05. The second-order valence-electron chi connectivity index (χ2n) is 4.39. The van der Waals surface area contributed by atoms with E-state index in [-0.39, 0.29) is 0 Å². The van der Waals surface area contributed by atoms with E-state index in [4.69, 9.17) is 4.74 Å². The molecular weight excluding hydrogens is 346 g/mol. The van der Waals surface area contributed by atoms with E-state index >= 15 is 0 Å². The lowest BCUT2D eigenvalue weighted by Crippen LogP contribution is -2.33. The number of nitrogens with one attached hydrogen (secondary N) is 1. The SMILES string of the molecule is CCC1CC(Nc2ccc(Br)cc2Br)CCO1. The van der Waals surface area contributed by atoms with E-state index < -0.39 is 0 Å². The van der Waals surface area contributed by atoms with Crippen LogP contribution in [0.1, 0.15) is 26.2 Å². The molecule has 0 radical (unpaired) electrons. The van der Waals surface area contributed by atoms with Gasteiger partial charge in [0.05, 0.1) is 6.10 Å². The second-order valence-corrected chi connectivity index (χ2v) is 6.16. The van der Waals surface area contributed by atoms with Gasteiger partial charge in [0.2, 0.25) is 0 Å². The number of benzene rings is 1. The van der Waals surface area contributed by atoms with Crippen molar-refractivity contribution in [2.24, 2.45) is 0 Å². The quantitative estimate of drug-likeness (QED) is 0.849. The molecule has 94 valence electrons. The van der Waals surface area contributed by atoms with Gasteiger partial charge in [-0.25, -0.2) is 0 Å². The van der Waals surface area contributed by atoms with Gasteiger partial charge in [0.1, 0.15) is 0 Å². The molecule has 1 saturated heterocycles. The first-order chi connectivity index (χ1) is 8.19. The van der Waals surface area contributed by atoms with Crippen molar-refractivity contribution in [3.8, 4) is 0 Å². The monoisotopic (exact) mass is 361 g/mol. The van der Waals surface area contributed by atoms with Gasteiger partial charge in [-0.1, -0.05) is 22.9 Å². The van der Waals surface area contributed by atoms with Crippen molar-refractivity contribution in [2.45, 2.75) is 38.3 Å². The van der Waals surface area contributed by atoms with Crippen LogP contribution in [-0.2, 0) is 4.74 Å². The Morgan fingerprint density at radius 2 is 2.24 bits per heavy atom. The third-order valence-corrected chi connectivity index (χ3v) is 4.26. The molecule has 1 heterocycles. The van der Waals surface area contributed by atoms with Crippen LogP contribution in [0.3, 0.4) is 0 Å². The molecule has 2 atom stereocenters. The summed E-state index contributed by atoms with van der Waals surface area (Å²) in [4.78, 5) is 0. The van der Waals surface area contributed by atoms with Gasteiger partial charge in [-0.3, -0.25) is 0 Å². The first kappa shape index (κ1) is 13.4. The molecule has 0 saturated carbocycles. The molecule has 0 amide bonds. The van der Waals surface area contributed by atoms with Gasteiger partial charge in [-0.15, -0.1) is 0 Å². The van der Waals surface area contributed by atoms with Crippen LogP contribution in [0.4, 0.5) is 5.69 Å². The van der Waals surface area contributed by atoms with Gasteiger partial charge in [-0.2, -0.15) is 0 Å². The average molecular weight is 363 g/mol. The van der Waals surface area contributed by atoms with E-state index in [1.165, 1.54) is 0 Å². The molecule has 0 spiro atoms. The van der Waals surface area contributed by atoms with Gasteiger partial charge in [-0.05, 0) is 53.4 Å². The Bertz CT molecular complexity index is 384. The lowest BCUT2D eigenvalue weighted by molar-refractivity contribution is 0.00925. The number of ether oxygens (including phenoxy) is 1. The molecule has 1 aliphatic rings. The molecule has 1 N–H and O–H groups in total. The molecule has 2 unspecified atom stereocenters. The summed E-state index contributed by atoms with van der Waals surface area (Å²) in [6.07, 6.45) is 3.69. The Labute approximate surface area is 119 Å². The maximum absolute atomic E-state index is 5.69. The van der Waals surface area contributed by atoms with Gasteiger partial charge in [0.25, 0.3) is 0 Å². The summed E-state index contributed by atoms with van der Waals surface area (Å²) in [5.74, 6) is 0. The Hall–Kier alpha value is -0.0600. The smallest absolute Gasteiger partial charge is 0.0592 e. The standard InChI is InChI=1S/C13H17Br2NO/c1-2-11-8-10(5-6-17-11)16-13-4-3-9(14)7-12(13)15/h3-4,7,10-11,16H,2,5-6,8H2,1H3. The topological polar surface area (TPSA) is 21.3 Å². The van der Waals surface area contributed by atoms with Crippen molar-refractivity contribution < 1.29 is 4.74 Å². The Kier molecular flexibility index (Phi) is 4.88. The molecular formula is C13H17Br2NO. The zero-order valence-electron chi connectivity index (χ0n) is 9.88. The van der Waals surface area contributed by atoms with Crippen molar-refractivity contribution in [2.75, 3.05) is 11.9 Å². The number of anilines is 1. The van der Waals surface area contributed by atoms with E-state index in [2.05, 4.69) is 62.3 Å². The second kappa shape index (κ2) is 6.21. The van der Waals surface area contributed by atoms with Crippen LogP contribution < -0.4 is 5.32 Å². The van der Waals surface area contributed by atoms with Gasteiger partial charge < -0.3 is 10.1 Å². The maximum atomic E-state index is 5.69. The van der Waals surface area contributed by atoms with Gasteiger partial charge in [0, 0.05) is 27.3 Å². The molecule has 2 nitrogen and oxygen atoms in total. The molecule has 1 aromatic carbocycles. The highest BCUT2D eigenvalue weighted by Crippen LogP contribution is 2.28. The van der Waals surface area contributed by atoms with Crippen LogP contribution in [0, 0.1) is 0 Å². The lowest BCUT2D eigenvalue weighted by atomic mass is 10.0. The summed E-state index contributed by atoms with van der Waals surface area (Å²) in [6, 6.07) is 6.75. The average Bonchev–Trinajstić information content (AvgIpc) is 2.33. The molecule has 17 heavy (non-hydrogen) atoms. The third-order valence-electron chi connectivity index (χ3n) is 3.11. The highest BCUT2D eigenvalue weighted by atomic mass is 79.9. The summed E-state index contributed by atoms with van der Waals surface area (Å²) in [5.41, 5.74) is 1.16. The number of halogens is 2. The van der Waals surface area contributed by atoms with Crippen LogP contribution >= 0.6 is 31.9 Å². The highest BCUT2D eigenvalue weighted by Gasteiger charge is 2.21. The molecule has 0 aromatic heterocycles. The van der Waals surface area contributed by atoms with Crippen molar-refractivity contribution in [3.63, 3.8) is 0 Å². The van der Waals surface area contributed by atoms with Gasteiger partial charge in [0.15, 0.2) is 0 Å². The van der Waals surface area contributed by atoms with E-state index in [9.17, 15) is 0 Å². The summed E-state index contributed by atoms with van der Waals surface area (Å²) >= 11 is 7.05. The van der Waals surface area contributed by atoms with Crippen LogP contribution in [0.5, 0.6) is 0 Å². The fraction of sp³-hybridized carbons (Fsp3) is 0.538. The largest absolute Gasteiger partial charge is 0.381 e. The number of hydrogen-bond acceptors (Lipinski definition) is 2. The Balaban J connectivity index is 2.00. The summed E-state index contributed by atoms with van der Waals surface area (Å²) in [5, 5.41) is 3.59. The molecule has 0 bridgehead atoms. The van der Waals surface area contributed by atoms with E-state index in [1.807, 2.05) is 0 Å². The predicted molar refractivity (Wildman–Crippen MR) is 78.5 cm³/mol. The van der Waals surface area contributed by atoms with Crippen LogP contribution in [0.25, 0.3) is 0 Å². The molecule has 0 aliphatic carbocycles. The summed E-state index contributed by atoms with van der Waals surface area (Å²) in [7, 11) is 0. The first-order valence-electron chi connectivity index (χ1n) is 6.02. The maximum Gasteiger partial charge on any atom is 0.0592 e. The number of rotatable bonds is 3. The normalized spacial score (nSPS) is 24.6. The van der Waals surface area contributed by atoms with E-state index in [1.54, 1.807) is 0 Å². The van der Waals surface area contributed by atoms with E-state index in [0.717, 1.165) is 40.5 Å². The molecule has 1 fully saturated rings. The summed E-state index contributed by atoms with van der Waals surface area (Å²) < 4.78 is 7.88. The molecule has 1 aromatic rings. The first-order valence-corrected chi connectivity index (χ1v) is 7.61. The minimum absolute atomic E-state index is 0.412. The molecule has 2 rings (SSSR count). The Morgan fingerprint density at radius 1 is 1.41 bits per heavy atom. The van der Waals surface area contributed by atoms with Gasteiger partial charge >= 0.3 is 0 Å². The van der Waals surface area contributed by atoms with Crippen LogP contribution in [0.2, 0.25) is 0 Å². The fourth-order valence-electron chi connectivity index (χ4n) is 2.12. The minimum Gasteiger partial charge on any atom is -0.381 e. The Morgan fingerprint density at radius 3 is 2.94 bits per heavy atom. The number of hydrogen-bond donors (Lipinski definition) is 1. The highest BCUT2D eigenvalue weighted by molar-refractivity contribution is 9.11. The zero-order valence-corrected chi connectivity index (χ0v) is 13.1. The van der Waals surface area contributed by atoms with Crippen molar-refractivity contribution in [3.05, 3.63) is 27.1 Å². The van der Waals surface area contributed by atoms with E-state index in [0.29, 0.717) is 12.1 Å². The van der Waals surface area contributed by atoms with Crippen molar-refractivity contribution in [1.29, 1.82) is 0 Å². The molecule has 4 heteroatoms. The molecule has 1 aliphatic heterocycles. The lowest BCUT2D eigenvalue weighted by Gasteiger charge is -2.30. The van der Waals surface area contributed by atoms with Crippen molar-refractivity contribution >= 4 is 37.5 Å². The van der Waals surface area contributed by atoms with Crippen molar-refractivity contribution in [1.82, 2.24) is 0 Å². The zero-order chi connectivity index (χ0) is 12.3. The third kappa shape index (κ3) is 3.70. The van der Waals surface area contributed by atoms with Crippen LogP contribution in [-0.4, -0.2) is 18.8 Å².